The van der Waals surface area contributed by atoms with E-state index in [0.717, 1.165) is 39.3 Å². The molecular formula is C36H46N4O3Si. The number of carbonyl (C=O) groups excluding carboxylic acids is 1. The lowest BCUT2D eigenvalue weighted by Crippen LogP contribution is -2.46. The van der Waals surface area contributed by atoms with Gasteiger partial charge in [0.1, 0.15) is 23.7 Å². The van der Waals surface area contributed by atoms with Gasteiger partial charge in [-0.1, -0.05) is 65.0 Å². The van der Waals surface area contributed by atoms with Crippen LogP contribution in [-0.2, 0) is 17.6 Å². The van der Waals surface area contributed by atoms with Gasteiger partial charge in [0.15, 0.2) is 8.32 Å². The van der Waals surface area contributed by atoms with Crippen LogP contribution in [0.2, 0.25) is 18.1 Å². The molecule has 3 heterocycles. The molecular weight excluding hydrogens is 565 g/mol. The van der Waals surface area contributed by atoms with E-state index in [9.17, 15) is 4.79 Å². The first-order valence-corrected chi connectivity index (χ1v) is 18.5. The SMILES string of the molecule is Cc1cc(-c2c(-c3ccncc3)nn3c2C(=O)N(CCO[Si](C)(C)C(C)(C)C)CC3)ccc1OCc1ccc(C(C)C)cc1. The fourth-order valence-electron chi connectivity index (χ4n) is 5.26. The van der Waals surface area contributed by atoms with E-state index < -0.39 is 8.32 Å². The van der Waals surface area contributed by atoms with Crippen molar-refractivity contribution in [2.75, 3.05) is 19.7 Å². The maximum atomic E-state index is 14.1. The van der Waals surface area contributed by atoms with Crippen molar-refractivity contribution in [2.24, 2.45) is 0 Å². The van der Waals surface area contributed by atoms with Gasteiger partial charge in [0, 0.05) is 36.6 Å². The van der Waals surface area contributed by atoms with Crippen molar-refractivity contribution in [2.45, 2.75) is 78.7 Å². The summed E-state index contributed by atoms with van der Waals surface area (Å²) in [5, 5.41) is 5.09. The summed E-state index contributed by atoms with van der Waals surface area (Å²) >= 11 is 0. The van der Waals surface area contributed by atoms with Crippen molar-refractivity contribution < 1.29 is 14.0 Å². The van der Waals surface area contributed by atoms with Crippen LogP contribution in [0.4, 0.5) is 0 Å². The van der Waals surface area contributed by atoms with Crippen LogP contribution in [0.15, 0.2) is 67.0 Å². The van der Waals surface area contributed by atoms with Gasteiger partial charge in [0.2, 0.25) is 0 Å². The first-order valence-electron chi connectivity index (χ1n) is 15.6. The number of carbonyl (C=O) groups is 1. The molecule has 0 N–H and O–H groups in total. The highest BCUT2D eigenvalue weighted by Gasteiger charge is 2.38. The zero-order valence-corrected chi connectivity index (χ0v) is 28.5. The number of fused-ring (bicyclic) bond motifs is 1. The Bertz CT molecular complexity index is 1610. The molecule has 2 aromatic carbocycles. The number of aromatic nitrogens is 3. The minimum Gasteiger partial charge on any atom is -0.489 e. The molecule has 232 valence electrons. The summed E-state index contributed by atoms with van der Waals surface area (Å²) in [4.78, 5) is 20.2. The zero-order valence-electron chi connectivity index (χ0n) is 27.5. The van der Waals surface area contributed by atoms with Crippen LogP contribution < -0.4 is 4.74 Å². The van der Waals surface area contributed by atoms with Crippen molar-refractivity contribution in [1.82, 2.24) is 19.7 Å². The van der Waals surface area contributed by atoms with Gasteiger partial charge in [-0.3, -0.25) is 14.5 Å². The normalized spacial score (nSPS) is 13.8. The van der Waals surface area contributed by atoms with Gasteiger partial charge in [-0.25, -0.2) is 0 Å². The van der Waals surface area contributed by atoms with Crippen molar-refractivity contribution in [3.63, 3.8) is 0 Å². The Labute approximate surface area is 263 Å². The molecule has 8 heteroatoms. The van der Waals surface area contributed by atoms with Crippen LogP contribution in [0.1, 0.15) is 67.7 Å². The number of amides is 1. The Morgan fingerprint density at radius 3 is 2.30 bits per heavy atom. The number of ether oxygens (including phenoxy) is 1. The van der Waals surface area contributed by atoms with E-state index in [-0.39, 0.29) is 10.9 Å². The lowest BCUT2D eigenvalue weighted by atomic mass is 9.96. The number of rotatable bonds is 10. The molecule has 0 saturated carbocycles. The first kappa shape index (κ1) is 31.7. The van der Waals surface area contributed by atoms with Gasteiger partial charge < -0.3 is 14.1 Å². The van der Waals surface area contributed by atoms with Crippen LogP contribution in [0.25, 0.3) is 22.4 Å². The predicted octanol–water partition coefficient (Wildman–Crippen LogP) is 8.10. The van der Waals surface area contributed by atoms with Crippen molar-refractivity contribution in [3.05, 3.63) is 89.4 Å². The van der Waals surface area contributed by atoms with Crippen LogP contribution in [0.3, 0.4) is 0 Å². The number of benzene rings is 2. The minimum absolute atomic E-state index is 0.0132. The van der Waals surface area contributed by atoms with E-state index in [0.29, 0.717) is 44.5 Å². The Balaban J connectivity index is 1.42. The molecule has 7 nitrogen and oxygen atoms in total. The topological polar surface area (TPSA) is 69.5 Å². The average Bonchev–Trinajstić information content (AvgIpc) is 3.38. The highest BCUT2D eigenvalue weighted by atomic mass is 28.4. The van der Waals surface area contributed by atoms with Crippen LogP contribution >= 0.6 is 0 Å². The summed E-state index contributed by atoms with van der Waals surface area (Å²) in [6.45, 7) is 20.5. The number of hydrogen-bond acceptors (Lipinski definition) is 5. The second-order valence-electron chi connectivity index (χ2n) is 13.6. The first-order chi connectivity index (χ1) is 20.9. The van der Waals surface area contributed by atoms with Gasteiger partial charge in [-0.05, 0) is 77.5 Å². The molecule has 0 spiro atoms. The second kappa shape index (κ2) is 12.7. The summed E-state index contributed by atoms with van der Waals surface area (Å²) in [7, 11) is -1.91. The fourth-order valence-corrected chi connectivity index (χ4v) is 6.30. The van der Waals surface area contributed by atoms with Gasteiger partial charge >= 0.3 is 0 Å². The largest absolute Gasteiger partial charge is 0.489 e. The lowest BCUT2D eigenvalue weighted by Gasteiger charge is -2.37. The third kappa shape index (κ3) is 6.66. The molecule has 0 saturated heterocycles. The Morgan fingerprint density at radius 2 is 1.66 bits per heavy atom. The fraction of sp³-hybridized carbons (Fsp3) is 0.417. The predicted molar refractivity (Wildman–Crippen MR) is 180 cm³/mol. The molecule has 0 aliphatic carbocycles. The van der Waals surface area contributed by atoms with E-state index in [2.05, 4.69) is 90.0 Å². The number of aryl methyl sites for hydroxylation is 1. The third-order valence-corrected chi connectivity index (χ3v) is 13.7. The lowest BCUT2D eigenvalue weighted by molar-refractivity contribution is 0.0666. The molecule has 0 radical (unpaired) electrons. The Hall–Kier alpha value is -3.75. The number of pyridine rings is 1. The van der Waals surface area contributed by atoms with Crippen LogP contribution in [0.5, 0.6) is 5.75 Å². The Kier molecular flexibility index (Phi) is 9.14. The minimum atomic E-state index is -1.91. The van der Waals surface area contributed by atoms with Crippen molar-refractivity contribution in [1.29, 1.82) is 0 Å². The summed E-state index contributed by atoms with van der Waals surface area (Å²) in [6, 6.07) is 18.6. The number of nitrogens with zero attached hydrogens (tertiary/aromatic N) is 4. The highest BCUT2D eigenvalue weighted by molar-refractivity contribution is 6.74. The van der Waals surface area contributed by atoms with Crippen LogP contribution in [-0.4, -0.2) is 53.6 Å². The molecule has 0 bridgehead atoms. The molecule has 2 aromatic heterocycles. The van der Waals surface area contributed by atoms with E-state index in [1.54, 1.807) is 12.4 Å². The van der Waals surface area contributed by atoms with E-state index >= 15 is 0 Å². The summed E-state index contributed by atoms with van der Waals surface area (Å²) in [5.41, 5.74) is 7.58. The van der Waals surface area contributed by atoms with Gasteiger partial charge in [-0.2, -0.15) is 5.10 Å². The van der Waals surface area contributed by atoms with Gasteiger partial charge in [-0.15, -0.1) is 0 Å². The smallest absolute Gasteiger partial charge is 0.272 e. The van der Waals surface area contributed by atoms with E-state index in [4.69, 9.17) is 14.3 Å². The standard InChI is InChI=1S/C36H46N4O3Si/c1-25(2)28-11-9-27(10-12-28)24-42-31-14-13-30(23-26(31)3)32-33(29-15-17-37-18-16-29)38-40-20-19-39(35(41)34(32)40)21-22-43-44(7,8)36(4,5)6/h9-18,23,25H,19-22,24H2,1-8H3. The maximum Gasteiger partial charge on any atom is 0.272 e. The average molecular weight is 611 g/mol. The number of hydrogen-bond donors (Lipinski definition) is 0. The molecule has 44 heavy (non-hydrogen) atoms. The summed E-state index contributed by atoms with van der Waals surface area (Å²) < 4.78 is 14.5. The van der Waals surface area contributed by atoms with Crippen LogP contribution in [0, 0.1) is 6.92 Å². The van der Waals surface area contributed by atoms with Crippen molar-refractivity contribution in [3.8, 4) is 28.1 Å². The summed E-state index contributed by atoms with van der Waals surface area (Å²) in [5.74, 6) is 1.31. The van der Waals surface area contributed by atoms with E-state index in [1.165, 1.54) is 5.56 Å². The third-order valence-electron chi connectivity index (χ3n) is 9.11. The van der Waals surface area contributed by atoms with Crippen molar-refractivity contribution >= 4 is 14.2 Å². The summed E-state index contributed by atoms with van der Waals surface area (Å²) in [6.07, 6.45) is 3.53. The molecule has 0 atom stereocenters. The molecule has 0 fully saturated rings. The molecule has 1 aliphatic heterocycles. The highest BCUT2D eigenvalue weighted by Crippen LogP contribution is 2.39. The molecule has 4 aromatic rings. The molecule has 0 unspecified atom stereocenters. The monoisotopic (exact) mass is 610 g/mol. The molecule has 1 amide bonds. The zero-order chi connectivity index (χ0) is 31.6. The van der Waals surface area contributed by atoms with Gasteiger partial charge in [0.05, 0.1) is 13.2 Å². The quantitative estimate of drug-likeness (QED) is 0.170. The van der Waals surface area contributed by atoms with Gasteiger partial charge in [0.25, 0.3) is 5.91 Å². The molecule has 1 aliphatic rings. The molecule has 5 rings (SSSR count). The van der Waals surface area contributed by atoms with E-state index in [1.807, 2.05) is 33.8 Å². The maximum absolute atomic E-state index is 14.1. The Morgan fingerprint density at radius 1 is 0.955 bits per heavy atom. The second-order valence-corrected chi connectivity index (χ2v) is 18.4.